The van der Waals surface area contributed by atoms with Crippen molar-refractivity contribution in [2.45, 2.75) is 51.4 Å². The average Bonchev–Trinajstić information content (AvgIpc) is 3.33. The van der Waals surface area contributed by atoms with Gasteiger partial charge in [-0.3, -0.25) is 5.01 Å². The third kappa shape index (κ3) is 8.86. The van der Waals surface area contributed by atoms with E-state index >= 15 is 0 Å². The van der Waals surface area contributed by atoms with E-state index in [1.165, 1.54) is 6.07 Å². The molecule has 5 nitrogen and oxygen atoms in total. The van der Waals surface area contributed by atoms with Crippen LogP contribution in [0.4, 0.5) is 17.6 Å². The van der Waals surface area contributed by atoms with Crippen molar-refractivity contribution < 1.29 is 17.6 Å². The second-order valence-corrected chi connectivity index (χ2v) is 9.14. The van der Waals surface area contributed by atoms with Crippen LogP contribution < -0.4 is 16.9 Å². The monoisotopic (exact) mass is 519 g/mol. The maximum absolute atomic E-state index is 12.9. The molecule has 1 heterocycles. The third-order valence-electron chi connectivity index (χ3n) is 6.06. The summed E-state index contributed by atoms with van der Waals surface area (Å²) in [4.78, 5) is 1.95. The zero-order valence-corrected chi connectivity index (χ0v) is 21.4. The Morgan fingerprint density at radius 1 is 1.14 bits per heavy atom. The van der Waals surface area contributed by atoms with Crippen LogP contribution in [0.15, 0.2) is 91.0 Å². The number of hydrogen-bond donors (Lipinski definition) is 3. The first-order valence-corrected chi connectivity index (χ1v) is 12.1. The molecule has 2 aromatic carbocycles. The molecule has 0 radical (unpaired) electrons. The van der Waals surface area contributed by atoms with Crippen LogP contribution in [0.3, 0.4) is 0 Å². The first-order valence-electron chi connectivity index (χ1n) is 12.1. The Bertz CT molecular complexity index is 1050. The average molecular weight is 520 g/mol. The van der Waals surface area contributed by atoms with Gasteiger partial charge in [0.25, 0.3) is 0 Å². The van der Waals surface area contributed by atoms with Gasteiger partial charge in [0.2, 0.25) is 0 Å². The minimum Gasteiger partial charge on any atom is -0.403 e. The maximum Gasteiger partial charge on any atom is 0.433 e. The minimum atomic E-state index is -4.62. The lowest BCUT2D eigenvalue weighted by molar-refractivity contribution is -0.111. The highest BCUT2D eigenvalue weighted by Crippen LogP contribution is 2.29. The van der Waals surface area contributed by atoms with E-state index in [2.05, 4.69) is 18.5 Å². The summed E-state index contributed by atoms with van der Waals surface area (Å²) < 4.78 is 51.6. The number of rotatable bonds is 9. The van der Waals surface area contributed by atoms with E-state index in [1.54, 1.807) is 6.07 Å². The van der Waals surface area contributed by atoms with Crippen molar-refractivity contribution in [3.63, 3.8) is 0 Å². The molecular formula is C28H37F4N5. The third-order valence-corrected chi connectivity index (χ3v) is 6.06. The van der Waals surface area contributed by atoms with Crippen LogP contribution >= 0.6 is 0 Å². The number of allylic oxidation sites excluding steroid dienone is 1. The molecule has 1 saturated heterocycles. The molecule has 0 aromatic heterocycles. The van der Waals surface area contributed by atoms with Crippen molar-refractivity contribution in [2.75, 3.05) is 13.1 Å². The number of likely N-dealkylation sites (tertiary alicyclic amines) is 1. The Kier molecular flexibility index (Phi) is 11.1. The first-order chi connectivity index (χ1) is 17.5. The fourth-order valence-electron chi connectivity index (χ4n) is 4.11. The van der Waals surface area contributed by atoms with Gasteiger partial charge in [-0.05, 0) is 36.0 Å². The molecule has 202 valence electrons. The van der Waals surface area contributed by atoms with Gasteiger partial charge in [-0.1, -0.05) is 75.5 Å². The molecular weight excluding hydrogens is 482 g/mol. The maximum atomic E-state index is 12.9. The van der Waals surface area contributed by atoms with Crippen LogP contribution in [-0.4, -0.2) is 35.2 Å². The zero-order chi connectivity index (χ0) is 27.6. The van der Waals surface area contributed by atoms with E-state index in [9.17, 15) is 17.6 Å². The molecule has 5 N–H and O–H groups in total. The van der Waals surface area contributed by atoms with Gasteiger partial charge in [-0.25, -0.2) is 10.2 Å². The van der Waals surface area contributed by atoms with Crippen LogP contribution in [0.25, 0.3) is 0 Å². The lowest BCUT2D eigenvalue weighted by Crippen LogP contribution is -2.43. The molecule has 0 bridgehead atoms. The Hall–Kier alpha value is -3.46. The molecule has 1 aliphatic heterocycles. The fourth-order valence-corrected chi connectivity index (χ4v) is 4.11. The lowest BCUT2D eigenvalue weighted by Gasteiger charge is -2.33. The molecule has 0 saturated carbocycles. The van der Waals surface area contributed by atoms with Crippen LogP contribution in [-0.2, 0) is 6.54 Å². The van der Waals surface area contributed by atoms with Crippen LogP contribution in [0.1, 0.15) is 43.7 Å². The first kappa shape index (κ1) is 29.8. The van der Waals surface area contributed by atoms with Crippen LogP contribution in [0.5, 0.6) is 0 Å². The van der Waals surface area contributed by atoms with Crippen LogP contribution in [0.2, 0.25) is 0 Å². The summed E-state index contributed by atoms with van der Waals surface area (Å²) in [6, 6.07) is 16.7. The van der Waals surface area contributed by atoms with Gasteiger partial charge < -0.3 is 16.0 Å². The SMILES string of the molecule is C=C(NCc1ccccc1)C1CCCN1C(=C)CN(N)/C(=C\N)C(F)(F)F.CC(C)c1ccccc1F. The number of nitrogens with two attached hydrogens (primary N) is 2. The highest BCUT2D eigenvalue weighted by atomic mass is 19.4. The number of halogens is 4. The molecule has 1 fully saturated rings. The smallest absolute Gasteiger partial charge is 0.403 e. The highest BCUT2D eigenvalue weighted by molar-refractivity contribution is 5.20. The molecule has 0 spiro atoms. The number of nitrogens with zero attached hydrogens (tertiary/aromatic N) is 2. The van der Waals surface area contributed by atoms with Crippen molar-refractivity contribution in [2.24, 2.45) is 11.6 Å². The van der Waals surface area contributed by atoms with Crippen molar-refractivity contribution in [3.05, 3.63) is 108 Å². The summed E-state index contributed by atoms with van der Waals surface area (Å²) in [5.74, 6) is 5.76. The van der Waals surface area contributed by atoms with Gasteiger partial charge in [-0.2, -0.15) is 13.2 Å². The zero-order valence-electron chi connectivity index (χ0n) is 21.4. The van der Waals surface area contributed by atoms with Gasteiger partial charge in [0.1, 0.15) is 11.5 Å². The molecule has 2 aromatic rings. The van der Waals surface area contributed by atoms with Gasteiger partial charge in [0, 0.05) is 30.7 Å². The van der Waals surface area contributed by atoms with Gasteiger partial charge >= 0.3 is 6.18 Å². The summed E-state index contributed by atoms with van der Waals surface area (Å²) in [6.07, 6.45) is -2.40. The van der Waals surface area contributed by atoms with E-state index in [1.807, 2.05) is 61.2 Å². The molecule has 1 unspecified atom stereocenters. The lowest BCUT2D eigenvalue weighted by atomic mass is 10.0. The predicted octanol–water partition coefficient (Wildman–Crippen LogP) is 5.76. The van der Waals surface area contributed by atoms with E-state index in [0.717, 1.165) is 29.7 Å². The normalized spacial score (nSPS) is 15.7. The molecule has 0 aliphatic carbocycles. The fraction of sp³-hybridized carbons (Fsp3) is 0.357. The van der Waals surface area contributed by atoms with Crippen molar-refractivity contribution in [3.8, 4) is 0 Å². The Morgan fingerprint density at radius 3 is 2.30 bits per heavy atom. The summed E-state index contributed by atoms with van der Waals surface area (Å²) in [7, 11) is 0. The minimum absolute atomic E-state index is 0.0363. The van der Waals surface area contributed by atoms with E-state index < -0.39 is 11.9 Å². The molecule has 3 rings (SSSR count). The predicted molar refractivity (Wildman–Crippen MR) is 141 cm³/mol. The summed E-state index contributed by atoms with van der Waals surface area (Å²) in [6.45, 7) is 13.1. The number of hydrogen-bond acceptors (Lipinski definition) is 5. The summed E-state index contributed by atoms with van der Waals surface area (Å²) in [5, 5.41) is 3.88. The second kappa shape index (κ2) is 13.7. The second-order valence-electron chi connectivity index (χ2n) is 9.14. The van der Waals surface area contributed by atoms with Gasteiger partial charge in [0.15, 0.2) is 0 Å². The van der Waals surface area contributed by atoms with Crippen molar-refractivity contribution in [1.82, 2.24) is 15.2 Å². The van der Waals surface area contributed by atoms with Gasteiger partial charge in [0.05, 0.1) is 12.6 Å². The summed E-state index contributed by atoms with van der Waals surface area (Å²) in [5.41, 5.74) is 7.21. The Balaban J connectivity index is 0.000000402. The summed E-state index contributed by atoms with van der Waals surface area (Å²) >= 11 is 0. The molecule has 37 heavy (non-hydrogen) atoms. The molecule has 1 aliphatic rings. The topological polar surface area (TPSA) is 70.5 Å². The highest BCUT2D eigenvalue weighted by Gasteiger charge is 2.37. The number of benzene rings is 2. The van der Waals surface area contributed by atoms with Crippen molar-refractivity contribution >= 4 is 0 Å². The largest absolute Gasteiger partial charge is 0.433 e. The Morgan fingerprint density at radius 2 is 1.76 bits per heavy atom. The quantitative estimate of drug-likeness (QED) is 0.223. The molecule has 1 atom stereocenters. The number of nitrogens with one attached hydrogen (secondary N) is 1. The number of alkyl halides is 3. The van der Waals surface area contributed by atoms with E-state index in [-0.39, 0.29) is 24.3 Å². The standard InChI is InChI=1S/C19H26F3N5.C9H11F/c1-14(13-27(24)18(11-23)19(20,21)22)26-10-6-9-17(26)15(2)25-12-16-7-4-3-5-8-16;1-7(2)8-5-3-4-6-9(8)10/h3-5,7-8,11,17,25H,1-2,6,9-10,12-13,23-24H2;3-7H,1-2H3/b18-11-;. The molecule has 9 heteroatoms. The van der Waals surface area contributed by atoms with Crippen LogP contribution in [0, 0.1) is 5.82 Å². The van der Waals surface area contributed by atoms with E-state index in [4.69, 9.17) is 11.6 Å². The van der Waals surface area contributed by atoms with Crippen molar-refractivity contribution in [1.29, 1.82) is 0 Å². The molecule has 0 amide bonds. The van der Waals surface area contributed by atoms with E-state index in [0.29, 0.717) is 30.0 Å². The van der Waals surface area contributed by atoms with Gasteiger partial charge in [-0.15, -0.1) is 0 Å². The number of hydrazine groups is 1. The Labute approximate surface area is 217 Å².